The van der Waals surface area contributed by atoms with Gasteiger partial charge in [0.1, 0.15) is 5.56 Å². The first-order valence-electron chi connectivity index (χ1n) is 10.1. The van der Waals surface area contributed by atoms with Crippen LogP contribution in [0.5, 0.6) is 5.88 Å². The smallest absolute Gasteiger partial charge is 0.331 e. The van der Waals surface area contributed by atoms with E-state index in [0.717, 1.165) is 42.1 Å². The number of hydrazone groups is 1. The first kappa shape index (κ1) is 20.6. The fourth-order valence-electron chi connectivity index (χ4n) is 4.37. The number of benzene rings is 1. The lowest BCUT2D eigenvalue weighted by atomic mass is 9.95. The maximum atomic E-state index is 12.6. The molecular formula is C21H23BrN4O4. The molecule has 2 heterocycles. The van der Waals surface area contributed by atoms with Gasteiger partial charge >= 0.3 is 5.69 Å². The molecule has 0 radical (unpaired) electrons. The molecule has 9 heteroatoms. The molecule has 1 aliphatic carbocycles. The summed E-state index contributed by atoms with van der Waals surface area (Å²) in [7, 11) is 0. The number of nitrogens with one attached hydrogen (secondary N) is 1. The highest BCUT2D eigenvalue weighted by Gasteiger charge is 2.35. The minimum atomic E-state index is -0.691. The van der Waals surface area contributed by atoms with Crippen LogP contribution in [0.25, 0.3) is 0 Å². The maximum absolute atomic E-state index is 12.6. The van der Waals surface area contributed by atoms with Gasteiger partial charge < -0.3 is 5.11 Å². The molecule has 2 aliphatic rings. The average molecular weight is 475 g/mol. The Balaban J connectivity index is 1.77. The molecular weight excluding hydrogens is 452 g/mol. The second-order valence-corrected chi connectivity index (χ2v) is 8.72. The molecule has 30 heavy (non-hydrogen) atoms. The molecule has 0 saturated heterocycles. The predicted octanol–water partition coefficient (Wildman–Crippen LogP) is 3.21. The van der Waals surface area contributed by atoms with Gasteiger partial charge in [-0.1, -0.05) is 47.3 Å². The molecule has 8 nitrogen and oxygen atoms in total. The normalized spacial score (nSPS) is 19.7. The summed E-state index contributed by atoms with van der Waals surface area (Å²) in [5, 5.41) is 16.6. The highest BCUT2D eigenvalue weighted by molar-refractivity contribution is 9.10. The second-order valence-electron chi connectivity index (χ2n) is 7.80. The van der Waals surface area contributed by atoms with E-state index in [2.05, 4.69) is 26.0 Å². The van der Waals surface area contributed by atoms with E-state index in [0.29, 0.717) is 5.71 Å². The summed E-state index contributed by atoms with van der Waals surface area (Å²) in [6, 6.07) is 6.97. The monoisotopic (exact) mass is 474 g/mol. The number of halogens is 1. The van der Waals surface area contributed by atoms with Crippen molar-refractivity contribution in [2.24, 2.45) is 5.10 Å². The van der Waals surface area contributed by atoms with Crippen molar-refractivity contribution in [1.82, 2.24) is 14.6 Å². The van der Waals surface area contributed by atoms with Gasteiger partial charge in [0.15, 0.2) is 0 Å². The number of nitrogens with zero attached hydrogens (tertiary/aromatic N) is 3. The number of hydrogen-bond donors (Lipinski definition) is 2. The highest BCUT2D eigenvalue weighted by atomic mass is 79.9. The third-order valence-electron chi connectivity index (χ3n) is 5.83. The molecule has 1 aromatic carbocycles. The fourth-order valence-corrected chi connectivity index (χ4v) is 4.64. The summed E-state index contributed by atoms with van der Waals surface area (Å²) in [4.78, 5) is 39.6. The van der Waals surface area contributed by atoms with Gasteiger partial charge in [-0.15, -0.1) is 0 Å². The number of H-pyrrole nitrogens is 1. The number of aromatic nitrogens is 2. The summed E-state index contributed by atoms with van der Waals surface area (Å²) in [6.45, 7) is 1.41. The maximum Gasteiger partial charge on any atom is 0.331 e. The van der Waals surface area contributed by atoms with E-state index in [1.807, 2.05) is 24.3 Å². The van der Waals surface area contributed by atoms with Gasteiger partial charge in [-0.05, 0) is 30.5 Å². The van der Waals surface area contributed by atoms with Crippen molar-refractivity contribution in [2.75, 3.05) is 0 Å². The second kappa shape index (κ2) is 8.22. The zero-order valence-electron chi connectivity index (χ0n) is 16.6. The average Bonchev–Trinajstić information content (AvgIpc) is 3.14. The number of carbonyl (C=O) groups is 1. The van der Waals surface area contributed by atoms with Gasteiger partial charge in [0.25, 0.3) is 5.56 Å². The van der Waals surface area contributed by atoms with Crippen LogP contribution in [0.2, 0.25) is 0 Å². The number of hydrogen-bond acceptors (Lipinski definition) is 5. The van der Waals surface area contributed by atoms with Crippen LogP contribution in [0.3, 0.4) is 0 Å². The Labute approximate surface area is 181 Å². The number of amides is 1. The van der Waals surface area contributed by atoms with Gasteiger partial charge in [0.05, 0.1) is 11.8 Å². The van der Waals surface area contributed by atoms with Crippen molar-refractivity contribution in [1.29, 1.82) is 0 Å². The summed E-state index contributed by atoms with van der Waals surface area (Å²) in [5.41, 5.74) is -0.181. The number of rotatable bonds is 3. The van der Waals surface area contributed by atoms with Crippen molar-refractivity contribution in [3.63, 3.8) is 0 Å². The lowest BCUT2D eigenvalue weighted by Crippen LogP contribution is -2.36. The Bertz CT molecular complexity index is 1110. The Morgan fingerprint density at radius 3 is 2.47 bits per heavy atom. The van der Waals surface area contributed by atoms with E-state index < -0.39 is 11.2 Å². The van der Waals surface area contributed by atoms with E-state index in [1.54, 1.807) is 0 Å². The molecule has 0 spiro atoms. The first-order chi connectivity index (χ1) is 14.4. The number of aromatic hydroxyl groups is 1. The van der Waals surface area contributed by atoms with Gasteiger partial charge in [0, 0.05) is 23.9 Å². The van der Waals surface area contributed by atoms with Crippen LogP contribution in [-0.4, -0.2) is 31.3 Å². The minimum Gasteiger partial charge on any atom is -0.494 e. The van der Waals surface area contributed by atoms with Gasteiger partial charge in [-0.2, -0.15) is 5.10 Å². The van der Waals surface area contributed by atoms with Crippen molar-refractivity contribution < 1.29 is 9.90 Å². The van der Waals surface area contributed by atoms with E-state index in [1.165, 1.54) is 16.5 Å². The summed E-state index contributed by atoms with van der Waals surface area (Å²) >= 11 is 3.40. The zero-order chi connectivity index (χ0) is 21.4. The third-order valence-corrected chi connectivity index (χ3v) is 6.36. The standard InChI is InChI=1S/C21H23BrN4O4/c1-12(27)26-17(13-7-9-14(22)10-8-13)11-16(24-26)18-19(28)23-21(30)25(20(18)29)15-5-3-2-4-6-15/h7-10,15,17,29H,2-6,11H2,1H3,(H,23,28,30). The first-order valence-corrected chi connectivity index (χ1v) is 10.9. The van der Waals surface area contributed by atoms with Crippen LogP contribution in [0.15, 0.2) is 43.4 Å². The molecule has 158 valence electrons. The van der Waals surface area contributed by atoms with Gasteiger partial charge in [-0.25, -0.2) is 9.80 Å². The van der Waals surface area contributed by atoms with E-state index >= 15 is 0 Å². The van der Waals surface area contributed by atoms with Crippen LogP contribution < -0.4 is 11.2 Å². The van der Waals surface area contributed by atoms with Gasteiger partial charge in [-0.3, -0.25) is 19.1 Å². The molecule has 1 aliphatic heterocycles. The van der Waals surface area contributed by atoms with E-state index in [-0.39, 0.29) is 35.9 Å². The van der Waals surface area contributed by atoms with Crippen molar-refractivity contribution >= 4 is 27.5 Å². The summed E-state index contributed by atoms with van der Waals surface area (Å²) in [6.07, 6.45) is 4.84. The molecule has 1 fully saturated rings. The number of aromatic amines is 1. The van der Waals surface area contributed by atoms with E-state index in [4.69, 9.17) is 0 Å². The lowest BCUT2D eigenvalue weighted by molar-refractivity contribution is -0.130. The Morgan fingerprint density at radius 1 is 1.17 bits per heavy atom. The molecule has 0 bridgehead atoms. The van der Waals surface area contributed by atoms with Crippen LogP contribution in [0.4, 0.5) is 0 Å². The summed E-state index contributed by atoms with van der Waals surface area (Å²) < 4.78 is 2.19. The Kier molecular flexibility index (Phi) is 5.64. The fraction of sp³-hybridized carbons (Fsp3) is 0.429. The van der Waals surface area contributed by atoms with Crippen molar-refractivity contribution in [3.05, 3.63) is 60.7 Å². The molecule has 1 aromatic heterocycles. The van der Waals surface area contributed by atoms with Gasteiger partial charge in [0.2, 0.25) is 11.8 Å². The minimum absolute atomic E-state index is 0.0361. The van der Waals surface area contributed by atoms with Crippen molar-refractivity contribution in [2.45, 2.75) is 57.5 Å². The quantitative estimate of drug-likeness (QED) is 0.711. The Morgan fingerprint density at radius 2 is 1.83 bits per heavy atom. The summed E-state index contributed by atoms with van der Waals surface area (Å²) in [5.74, 6) is -0.635. The lowest BCUT2D eigenvalue weighted by Gasteiger charge is -2.25. The molecule has 4 rings (SSSR count). The van der Waals surface area contributed by atoms with Crippen LogP contribution >= 0.6 is 15.9 Å². The third kappa shape index (κ3) is 3.74. The van der Waals surface area contributed by atoms with Crippen LogP contribution in [0.1, 0.15) is 68.7 Å². The zero-order valence-corrected chi connectivity index (χ0v) is 18.2. The van der Waals surface area contributed by atoms with Crippen molar-refractivity contribution in [3.8, 4) is 5.88 Å². The number of carbonyl (C=O) groups excluding carboxylic acids is 1. The molecule has 1 saturated carbocycles. The molecule has 1 unspecified atom stereocenters. The molecule has 2 aromatic rings. The van der Waals surface area contributed by atoms with Crippen LogP contribution in [0, 0.1) is 0 Å². The molecule has 1 amide bonds. The highest BCUT2D eigenvalue weighted by Crippen LogP contribution is 2.35. The predicted molar refractivity (Wildman–Crippen MR) is 116 cm³/mol. The molecule has 1 atom stereocenters. The SMILES string of the molecule is CC(=O)N1N=C(c2c(O)n(C3CCCCC3)c(=O)[nH]c2=O)CC1c1ccc(Br)cc1. The largest absolute Gasteiger partial charge is 0.494 e. The molecule has 2 N–H and O–H groups in total. The van der Waals surface area contributed by atoms with E-state index in [9.17, 15) is 19.5 Å². The Hall–Kier alpha value is -2.68. The topological polar surface area (TPSA) is 108 Å². The van der Waals surface area contributed by atoms with Crippen LogP contribution in [-0.2, 0) is 4.79 Å².